The van der Waals surface area contributed by atoms with Gasteiger partial charge in [0.1, 0.15) is 5.82 Å². The Kier molecular flexibility index (Phi) is 4.15. The van der Waals surface area contributed by atoms with E-state index in [4.69, 9.17) is 10.5 Å². The van der Waals surface area contributed by atoms with E-state index in [-0.39, 0.29) is 0 Å². The fourth-order valence-electron chi connectivity index (χ4n) is 3.11. The molecule has 24 heavy (non-hydrogen) atoms. The van der Waals surface area contributed by atoms with Crippen LogP contribution in [0.1, 0.15) is 5.56 Å². The van der Waals surface area contributed by atoms with Crippen LogP contribution in [0, 0.1) is 0 Å². The highest BCUT2D eigenvalue weighted by Crippen LogP contribution is 2.24. The number of hydrogen-bond acceptors (Lipinski definition) is 5. The van der Waals surface area contributed by atoms with Gasteiger partial charge in [0.05, 0.1) is 24.4 Å². The van der Waals surface area contributed by atoms with Crippen molar-refractivity contribution in [2.45, 2.75) is 6.42 Å². The van der Waals surface area contributed by atoms with Gasteiger partial charge < -0.3 is 10.5 Å². The molecular formula is C18H21N5O. The number of nitrogen functional groups attached to an aromatic ring is 1. The second kappa shape index (κ2) is 6.59. The molecule has 0 saturated carbocycles. The van der Waals surface area contributed by atoms with Gasteiger partial charge >= 0.3 is 0 Å². The SMILES string of the molecule is Nc1nc2cc(-c3ccn[nH]3)ccc2cc1CCN1CCOCC1. The highest BCUT2D eigenvalue weighted by Gasteiger charge is 2.12. The average Bonchev–Trinajstić information content (AvgIpc) is 3.15. The number of H-pyrrole nitrogens is 1. The van der Waals surface area contributed by atoms with Gasteiger partial charge in [0.2, 0.25) is 0 Å². The Morgan fingerprint density at radius 3 is 2.83 bits per heavy atom. The van der Waals surface area contributed by atoms with Crippen molar-refractivity contribution in [3.8, 4) is 11.3 Å². The van der Waals surface area contributed by atoms with Crippen molar-refractivity contribution in [1.29, 1.82) is 0 Å². The lowest BCUT2D eigenvalue weighted by molar-refractivity contribution is 0.0384. The zero-order valence-corrected chi connectivity index (χ0v) is 13.5. The van der Waals surface area contributed by atoms with Gasteiger partial charge in [0, 0.05) is 36.8 Å². The molecular weight excluding hydrogens is 302 g/mol. The van der Waals surface area contributed by atoms with E-state index in [1.165, 1.54) is 0 Å². The Morgan fingerprint density at radius 1 is 1.17 bits per heavy atom. The Morgan fingerprint density at radius 2 is 2.04 bits per heavy atom. The van der Waals surface area contributed by atoms with Crippen LogP contribution in [0.4, 0.5) is 5.82 Å². The van der Waals surface area contributed by atoms with Crippen LogP contribution in [-0.2, 0) is 11.2 Å². The minimum absolute atomic E-state index is 0.623. The molecule has 4 rings (SSSR count). The molecule has 0 radical (unpaired) electrons. The summed E-state index contributed by atoms with van der Waals surface area (Å²) < 4.78 is 5.39. The normalized spacial score (nSPS) is 15.8. The number of anilines is 1. The maximum absolute atomic E-state index is 6.20. The first-order chi connectivity index (χ1) is 11.8. The molecule has 6 heteroatoms. The number of aromatic nitrogens is 3. The first kappa shape index (κ1) is 15.1. The molecule has 0 aliphatic carbocycles. The Labute approximate surface area is 140 Å². The molecule has 6 nitrogen and oxygen atoms in total. The third-order valence-corrected chi connectivity index (χ3v) is 4.54. The quantitative estimate of drug-likeness (QED) is 0.768. The highest BCUT2D eigenvalue weighted by molar-refractivity contribution is 5.85. The maximum atomic E-state index is 6.20. The lowest BCUT2D eigenvalue weighted by Crippen LogP contribution is -2.37. The third kappa shape index (κ3) is 3.11. The highest BCUT2D eigenvalue weighted by atomic mass is 16.5. The number of nitrogens with one attached hydrogen (secondary N) is 1. The zero-order chi connectivity index (χ0) is 16.4. The fraction of sp³-hybridized carbons (Fsp3) is 0.333. The minimum Gasteiger partial charge on any atom is -0.383 e. The second-order valence-corrected chi connectivity index (χ2v) is 6.11. The van der Waals surface area contributed by atoms with E-state index in [1.807, 2.05) is 12.1 Å². The molecule has 0 amide bonds. The van der Waals surface area contributed by atoms with Crippen molar-refractivity contribution in [3.63, 3.8) is 0 Å². The second-order valence-electron chi connectivity index (χ2n) is 6.11. The molecule has 3 aromatic rings. The number of pyridine rings is 1. The molecule has 3 heterocycles. The van der Waals surface area contributed by atoms with Crippen LogP contribution in [0.15, 0.2) is 36.5 Å². The molecule has 1 saturated heterocycles. The van der Waals surface area contributed by atoms with Crippen LogP contribution in [0.5, 0.6) is 0 Å². The molecule has 124 valence electrons. The number of hydrogen-bond donors (Lipinski definition) is 2. The van der Waals surface area contributed by atoms with Crippen molar-refractivity contribution in [2.75, 3.05) is 38.6 Å². The Hall–Kier alpha value is -2.44. The zero-order valence-electron chi connectivity index (χ0n) is 13.5. The first-order valence-corrected chi connectivity index (χ1v) is 8.28. The Balaban J connectivity index is 1.56. The predicted octanol–water partition coefficient (Wildman–Crippen LogP) is 2.08. The monoisotopic (exact) mass is 323 g/mol. The summed E-state index contributed by atoms with van der Waals surface area (Å²) in [5.74, 6) is 0.623. The summed E-state index contributed by atoms with van der Waals surface area (Å²) in [6.45, 7) is 4.62. The molecule has 0 unspecified atom stereocenters. The standard InChI is InChI=1S/C18H21N5O/c19-18-15(4-6-23-7-9-24-10-8-23)11-13-1-2-14(12-17(13)21-18)16-3-5-20-22-16/h1-3,5,11-12H,4,6-10H2,(H2,19,21)(H,20,22). The van der Waals surface area contributed by atoms with Crippen LogP contribution in [0.25, 0.3) is 22.2 Å². The van der Waals surface area contributed by atoms with E-state index in [2.05, 4.69) is 38.3 Å². The lowest BCUT2D eigenvalue weighted by atomic mass is 10.1. The van der Waals surface area contributed by atoms with E-state index in [0.29, 0.717) is 5.82 Å². The van der Waals surface area contributed by atoms with E-state index in [0.717, 1.165) is 67.0 Å². The van der Waals surface area contributed by atoms with E-state index in [1.54, 1.807) is 6.20 Å². The predicted molar refractivity (Wildman–Crippen MR) is 94.7 cm³/mol. The molecule has 0 spiro atoms. The summed E-state index contributed by atoms with van der Waals surface area (Å²) in [5.41, 5.74) is 10.3. The van der Waals surface area contributed by atoms with Crippen molar-refractivity contribution >= 4 is 16.7 Å². The molecule has 1 aliphatic heterocycles. The van der Waals surface area contributed by atoms with Crippen LogP contribution >= 0.6 is 0 Å². The van der Waals surface area contributed by atoms with Crippen LogP contribution in [-0.4, -0.2) is 52.9 Å². The molecule has 2 aromatic heterocycles. The molecule has 0 atom stereocenters. The van der Waals surface area contributed by atoms with Crippen LogP contribution in [0.2, 0.25) is 0 Å². The van der Waals surface area contributed by atoms with Gasteiger partial charge in [-0.1, -0.05) is 12.1 Å². The van der Waals surface area contributed by atoms with Gasteiger partial charge in [-0.05, 0) is 30.2 Å². The van der Waals surface area contributed by atoms with Gasteiger partial charge in [-0.15, -0.1) is 0 Å². The van der Waals surface area contributed by atoms with Gasteiger partial charge in [-0.25, -0.2) is 4.98 Å². The summed E-state index contributed by atoms with van der Waals surface area (Å²) in [4.78, 5) is 7.02. The van der Waals surface area contributed by atoms with E-state index < -0.39 is 0 Å². The van der Waals surface area contributed by atoms with Crippen LogP contribution in [0.3, 0.4) is 0 Å². The van der Waals surface area contributed by atoms with Gasteiger partial charge in [-0.2, -0.15) is 5.10 Å². The number of fused-ring (bicyclic) bond motifs is 1. The third-order valence-electron chi connectivity index (χ3n) is 4.54. The van der Waals surface area contributed by atoms with Crippen molar-refractivity contribution in [3.05, 3.63) is 42.1 Å². The largest absolute Gasteiger partial charge is 0.383 e. The average molecular weight is 323 g/mol. The summed E-state index contributed by atoms with van der Waals surface area (Å²) in [6, 6.07) is 10.3. The molecule has 1 aromatic carbocycles. The van der Waals surface area contributed by atoms with Crippen molar-refractivity contribution < 1.29 is 4.74 Å². The number of nitrogens with zero attached hydrogens (tertiary/aromatic N) is 3. The molecule has 1 aliphatic rings. The van der Waals surface area contributed by atoms with E-state index >= 15 is 0 Å². The Bertz CT molecular complexity index is 825. The number of nitrogens with two attached hydrogens (primary N) is 1. The lowest BCUT2D eigenvalue weighted by Gasteiger charge is -2.26. The van der Waals surface area contributed by atoms with Crippen LogP contribution < -0.4 is 5.73 Å². The summed E-state index contributed by atoms with van der Waals surface area (Å²) in [6.07, 6.45) is 2.66. The smallest absolute Gasteiger partial charge is 0.127 e. The van der Waals surface area contributed by atoms with Gasteiger partial charge in [-0.3, -0.25) is 10.00 Å². The number of aromatic amines is 1. The number of ether oxygens (including phenoxy) is 1. The summed E-state index contributed by atoms with van der Waals surface area (Å²) in [5, 5.41) is 8.09. The number of benzene rings is 1. The summed E-state index contributed by atoms with van der Waals surface area (Å²) >= 11 is 0. The minimum atomic E-state index is 0.623. The molecule has 0 bridgehead atoms. The topological polar surface area (TPSA) is 80.1 Å². The summed E-state index contributed by atoms with van der Waals surface area (Å²) in [7, 11) is 0. The van der Waals surface area contributed by atoms with Gasteiger partial charge in [0.25, 0.3) is 0 Å². The first-order valence-electron chi connectivity index (χ1n) is 8.28. The maximum Gasteiger partial charge on any atom is 0.127 e. The molecule has 3 N–H and O–H groups in total. The van der Waals surface area contributed by atoms with Crippen molar-refractivity contribution in [1.82, 2.24) is 20.1 Å². The molecule has 1 fully saturated rings. The van der Waals surface area contributed by atoms with Gasteiger partial charge in [0.15, 0.2) is 0 Å². The van der Waals surface area contributed by atoms with E-state index in [9.17, 15) is 0 Å². The fourth-order valence-corrected chi connectivity index (χ4v) is 3.11. The number of morpholine rings is 1. The van der Waals surface area contributed by atoms with Crippen molar-refractivity contribution in [2.24, 2.45) is 0 Å². The number of rotatable bonds is 4.